The number of ether oxygens (including phenoxy) is 1. The summed E-state index contributed by atoms with van der Waals surface area (Å²) in [4.78, 5) is 4.00. The Labute approximate surface area is 132 Å². The summed E-state index contributed by atoms with van der Waals surface area (Å²) in [6, 6.07) is 4.91. The summed E-state index contributed by atoms with van der Waals surface area (Å²) in [7, 11) is 3.48. The Morgan fingerprint density at radius 3 is 2.67 bits per heavy atom. The standard InChI is InChI=1S/C13H17F3N2OS.ClH/c1-17-12(18-2)20-8-4-7-19-11-6-3-5-10(9-11)13(14,15)16;/h3,5-6,9H,4,7-8H2,1-2H3,(H,17,18);1H. The molecule has 3 nitrogen and oxygen atoms in total. The van der Waals surface area contributed by atoms with Gasteiger partial charge in [0.2, 0.25) is 0 Å². The van der Waals surface area contributed by atoms with Gasteiger partial charge >= 0.3 is 6.18 Å². The van der Waals surface area contributed by atoms with Crippen LogP contribution in [-0.2, 0) is 6.18 Å². The number of aliphatic imine (C=N–C) groups is 1. The fraction of sp³-hybridized carbons (Fsp3) is 0.462. The summed E-state index contributed by atoms with van der Waals surface area (Å²) in [5, 5.41) is 3.75. The molecule has 0 amide bonds. The van der Waals surface area contributed by atoms with Crippen molar-refractivity contribution in [3.8, 4) is 5.75 Å². The molecule has 1 aromatic carbocycles. The van der Waals surface area contributed by atoms with Gasteiger partial charge in [-0.1, -0.05) is 17.8 Å². The monoisotopic (exact) mass is 342 g/mol. The summed E-state index contributed by atoms with van der Waals surface area (Å²) < 4.78 is 42.8. The van der Waals surface area contributed by atoms with E-state index in [0.29, 0.717) is 6.61 Å². The Morgan fingerprint density at radius 2 is 2.10 bits per heavy atom. The van der Waals surface area contributed by atoms with Gasteiger partial charge in [0.1, 0.15) is 5.75 Å². The first kappa shape index (κ1) is 19.9. The maximum Gasteiger partial charge on any atom is 0.416 e. The van der Waals surface area contributed by atoms with Gasteiger partial charge in [0.15, 0.2) is 5.17 Å². The topological polar surface area (TPSA) is 33.6 Å². The minimum atomic E-state index is -4.34. The van der Waals surface area contributed by atoms with Crippen LogP contribution in [0.15, 0.2) is 29.3 Å². The number of halogens is 4. The molecule has 0 aromatic heterocycles. The second-order valence-corrected chi connectivity index (χ2v) is 4.94. The van der Waals surface area contributed by atoms with Crippen molar-refractivity contribution in [1.82, 2.24) is 5.32 Å². The molecule has 120 valence electrons. The molecule has 0 aliphatic carbocycles. The number of rotatable bonds is 5. The number of amidine groups is 1. The normalized spacial score (nSPS) is 11.8. The molecule has 21 heavy (non-hydrogen) atoms. The molecule has 1 aromatic rings. The van der Waals surface area contributed by atoms with Gasteiger partial charge in [0, 0.05) is 19.8 Å². The number of nitrogens with one attached hydrogen (secondary N) is 1. The van der Waals surface area contributed by atoms with Crippen molar-refractivity contribution in [2.45, 2.75) is 12.6 Å². The van der Waals surface area contributed by atoms with Gasteiger partial charge in [-0.2, -0.15) is 13.2 Å². The quantitative estimate of drug-likeness (QED) is 0.501. The zero-order valence-electron chi connectivity index (χ0n) is 11.7. The minimum Gasteiger partial charge on any atom is -0.494 e. The van der Waals surface area contributed by atoms with Crippen LogP contribution in [0.4, 0.5) is 13.2 Å². The van der Waals surface area contributed by atoms with Gasteiger partial charge in [0.25, 0.3) is 0 Å². The fourth-order valence-electron chi connectivity index (χ4n) is 1.43. The molecule has 0 heterocycles. The largest absolute Gasteiger partial charge is 0.494 e. The maximum atomic E-state index is 12.5. The lowest BCUT2D eigenvalue weighted by Gasteiger charge is -2.10. The molecule has 8 heteroatoms. The van der Waals surface area contributed by atoms with Crippen LogP contribution in [0, 0.1) is 0 Å². The van der Waals surface area contributed by atoms with Crippen LogP contribution in [0.1, 0.15) is 12.0 Å². The Balaban J connectivity index is 0.00000400. The van der Waals surface area contributed by atoms with E-state index in [1.165, 1.54) is 12.1 Å². The van der Waals surface area contributed by atoms with Gasteiger partial charge in [-0.15, -0.1) is 12.4 Å². The van der Waals surface area contributed by atoms with E-state index in [1.54, 1.807) is 25.9 Å². The van der Waals surface area contributed by atoms with Crippen molar-refractivity contribution >= 4 is 29.3 Å². The minimum absolute atomic E-state index is 0. The van der Waals surface area contributed by atoms with Crippen molar-refractivity contribution in [3.05, 3.63) is 29.8 Å². The smallest absolute Gasteiger partial charge is 0.416 e. The fourth-order valence-corrected chi connectivity index (χ4v) is 2.16. The van der Waals surface area contributed by atoms with Crippen LogP contribution in [0.25, 0.3) is 0 Å². The Bertz CT molecular complexity index is 455. The second-order valence-electron chi connectivity index (χ2n) is 3.85. The lowest BCUT2D eigenvalue weighted by atomic mass is 10.2. The summed E-state index contributed by atoms with van der Waals surface area (Å²) >= 11 is 1.54. The molecule has 0 bridgehead atoms. The van der Waals surface area contributed by atoms with Crippen LogP contribution in [-0.4, -0.2) is 31.6 Å². The van der Waals surface area contributed by atoms with E-state index in [1.807, 2.05) is 0 Å². The van der Waals surface area contributed by atoms with Gasteiger partial charge in [-0.25, -0.2) is 0 Å². The number of benzene rings is 1. The molecule has 0 fully saturated rings. The highest BCUT2D eigenvalue weighted by Gasteiger charge is 2.30. The van der Waals surface area contributed by atoms with E-state index in [-0.39, 0.29) is 18.2 Å². The number of hydrogen-bond donors (Lipinski definition) is 1. The first-order valence-electron chi connectivity index (χ1n) is 6.04. The van der Waals surface area contributed by atoms with E-state index in [4.69, 9.17) is 4.74 Å². The average molecular weight is 343 g/mol. The van der Waals surface area contributed by atoms with E-state index in [0.717, 1.165) is 29.5 Å². The van der Waals surface area contributed by atoms with E-state index in [9.17, 15) is 13.2 Å². The summed E-state index contributed by atoms with van der Waals surface area (Å²) in [6.45, 7) is 0.370. The third-order valence-corrected chi connectivity index (χ3v) is 3.53. The van der Waals surface area contributed by atoms with Crippen molar-refractivity contribution in [2.75, 3.05) is 26.5 Å². The van der Waals surface area contributed by atoms with Gasteiger partial charge in [-0.05, 0) is 24.6 Å². The Morgan fingerprint density at radius 1 is 1.38 bits per heavy atom. The van der Waals surface area contributed by atoms with E-state index >= 15 is 0 Å². The lowest BCUT2D eigenvalue weighted by Crippen LogP contribution is -2.15. The SMILES string of the molecule is CN=C(NC)SCCCOc1cccc(C(F)(F)F)c1.Cl. The zero-order chi connectivity index (χ0) is 15.0. The second kappa shape index (κ2) is 9.78. The van der Waals surface area contributed by atoms with Gasteiger partial charge in [-0.3, -0.25) is 4.99 Å². The Hall–Kier alpha value is -1.08. The number of nitrogens with zero attached hydrogens (tertiary/aromatic N) is 1. The number of hydrogen-bond acceptors (Lipinski definition) is 3. The van der Waals surface area contributed by atoms with Crippen molar-refractivity contribution in [2.24, 2.45) is 4.99 Å². The molecule has 0 unspecified atom stereocenters. The maximum absolute atomic E-state index is 12.5. The number of alkyl halides is 3. The van der Waals surface area contributed by atoms with Crippen LogP contribution in [0.5, 0.6) is 5.75 Å². The molecule has 0 saturated carbocycles. The molecule has 0 radical (unpaired) electrons. The summed E-state index contributed by atoms with van der Waals surface area (Å²) in [5.74, 6) is 1.02. The summed E-state index contributed by atoms with van der Waals surface area (Å²) in [6.07, 6.45) is -3.61. The highest BCUT2D eigenvalue weighted by atomic mass is 35.5. The predicted molar refractivity (Wildman–Crippen MR) is 83.7 cm³/mol. The lowest BCUT2D eigenvalue weighted by molar-refractivity contribution is -0.137. The van der Waals surface area contributed by atoms with Crippen LogP contribution in [0.2, 0.25) is 0 Å². The van der Waals surface area contributed by atoms with Crippen LogP contribution < -0.4 is 10.1 Å². The molecule has 0 atom stereocenters. The molecule has 0 aliphatic rings. The molecule has 0 aliphatic heterocycles. The first-order valence-corrected chi connectivity index (χ1v) is 7.03. The third kappa shape index (κ3) is 7.47. The number of thioether (sulfide) groups is 1. The zero-order valence-corrected chi connectivity index (χ0v) is 13.4. The van der Waals surface area contributed by atoms with Gasteiger partial charge < -0.3 is 10.1 Å². The van der Waals surface area contributed by atoms with Crippen LogP contribution >= 0.6 is 24.2 Å². The molecule has 1 rings (SSSR count). The average Bonchev–Trinajstić information content (AvgIpc) is 2.42. The Kier molecular flexibility index (Phi) is 9.28. The molecular formula is C13H18ClF3N2OS. The highest BCUT2D eigenvalue weighted by molar-refractivity contribution is 8.13. The van der Waals surface area contributed by atoms with Crippen molar-refractivity contribution in [1.29, 1.82) is 0 Å². The van der Waals surface area contributed by atoms with Crippen molar-refractivity contribution < 1.29 is 17.9 Å². The highest BCUT2D eigenvalue weighted by Crippen LogP contribution is 2.31. The summed E-state index contributed by atoms with van der Waals surface area (Å²) in [5.41, 5.74) is -0.694. The van der Waals surface area contributed by atoms with Crippen LogP contribution in [0.3, 0.4) is 0 Å². The first-order chi connectivity index (χ1) is 9.47. The van der Waals surface area contributed by atoms with Crippen molar-refractivity contribution in [3.63, 3.8) is 0 Å². The molecule has 0 spiro atoms. The molecule has 0 saturated heterocycles. The molecular weight excluding hydrogens is 325 g/mol. The molecule has 1 N–H and O–H groups in total. The van der Waals surface area contributed by atoms with Gasteiger partial charge in [0.05, 0.1) is 12.2 Å². The predicted octanol–water partition coefficient (Wildman–Crippen LogP) is 3.83. The van der Waals surface area contributed by atoms with E-state index < -0.39 is 11.7 Å². The van der Waals surface area contributed by atoms with E-state index in [2.05, 4.69) is 10.3 Å². The third-order valence-electron chi connectivity index (χ3n) is 2.37.